The molecule has 3 aromatic rings. The number of ether oxygens (including phenoxy) is 1. The van der Waals surface area contributed by atoms with Crippen LogP contribution in [0.3, 0.4) is 0 Å². The number of nitrogens with one attached hydrogen (secondary N) is 2. The minimum Gasteiger partial charge on any atom is -0.493 e. The second-order valence-electron chi connectivity index (χ2n) is 9.98. The fraction of sp³-hybridized carbons (Fsp3) is 0.481. The lowest BCUT2D eigenvalue weighted by molar-refractivity contribution is -0.129. The second kappa shape index (κ2) is 9.32. The molecule has 0 spiro atoms. The van der Waals surface area contributed by atoms with Crippen molar-refractivity contribution in [2.24, 2.45) is 5.92 Å². The number of hydrogen-bond donors (Lipinski definition) is 2. The van der Waals surface area contributed by atoms with Crippen molar-refractivity contribution in [2.75, 3.05) is 19.7 Å². The monoisotopic (exact) mass is 475 g/mol. The molecule has 5 rings (SSSR count). The van der Waals surface area contributed by atoms with Crippen LogP contribution in [0.15, 0.2) is 18.2 Å². The number of aromatic amines is 1. The third kappa shape index (κ3) is 4.88. The van der Waals surface area contributed by atoms with E-state index < -0.39 is 0 Å². The number of piperidine rings is 1. The third-order valence-corrected chi connectivity index (χ3v) is 7.01. The summed E-state index contributed by atoms with van der Waals surface area (Å²) in [6.45, 7) is 9.42. The number of likely N-dealkylation sites (tertiary alicyclic amines) is 1. The number of aryl methyl sites for hydroxylation is 3. The van der Waals surface area contributed by atoms with Crippen LogP contribution in [0.25, 0.3) is 22.3 Å². The molecule has 1 aliphatic heterocycles. The summed E-state index contributed by atoms with van der Waals surface area (Å²) in [6.07, 6.45) is 3.94. The van der Waals surface area contributed by atoms with Gasteiger partial charge in [-0.3, -0.25) is 9.59 Å². The van der Waals surface area contributed by atoms with Gasteiger partial charge >= 0.3 is 0 Å². The van der Waals surface area contributed by atoms with E-state index in [0.29, 0.717) is 42.5 Å². The average Bonchev–Trinajstić information content (AvgIpc) is 3.59. The number of carbonyl (C=O) groups is 2. The third-order valence-electron chi connectivity index (χ3n) is 7.01. The highest BCUT2D eigenvalue weighted by Crippen LogP contribution is 2.37. The summed E-state index contributed by atoms with van der Waals surface area (Å²) in [5.74, 6) is 1.98. The summed E-state index contributed by atoms with van der Waals surface area (Å²) in [6, 6.07) is 6.17. The number of carbonyl (C=O) groups excluding carboxylic acids is 2. The molecule has 35 heavy (non-hydrogen) atoms. The van der Waals surface area contributed by atoms with Gasteiger partial charge in [-0.1, -0.05) is 11.6 Å². The van der Waals surface area contributed by atoms with Gasteiger partial charge in [0.05, 0.1) is 17.7 Å². The lowest BCUT2D eigenvalue weighted by Gasteiger charge is -2.31. The molecule has 3 heterocycles. The number of benzene rings is 1. The van der Waals surface area contributed by atoms with E-state index in [1.165, 1.54) is 12.8 Å². The Morgan fingerprint density at radius 1 is 1.11 bits per heavy atom. The van der Waals surface area contributed by atoms with Crippen molar-refractivity contribution >= 4 is 22.8 Å². The van der Waals surface area contributed by atoms with Gasteiger partial charge in [-0.15, -0.1) is 0 Å². The first-order chi connectivity index (χ1) is 16.8. The van der Waals surface area contributed by atoms with Crippen LogP contribution in [0.2, 0.25) is 0 Å². The molecule has 0 atom stereocenters. The van der Waals surface area contributed by atoms with E-state index in [0.717, 1.165) is 46.6 Å². The fourth-order valence-electron chi connectivity index (χ4n) is 4.82. The maximum absolute atomic E-state index is 13.4. The summed E-state index contributed by atoms with van der Waals surface area (Å²) in [5.41, 5.74) is 5.44. The molecule has 8 heteroatoms. The van der Waals surface area contributed by atoms with Crippen LogP contribution in [-0.2, 0) is 4.79 Å². The molecule has 8 nitrogen and oxygen atoms in total. The Kier molecular flexibility index (Phi) is 6.21. The zero-order valence-electron chi connectivity index (χ0n) is 20.9. The lowest BCUT2D eigenvalue weighted by Crippen LogP contribution is -2.46. The highest BCUT2D eigenvalue weighted by molar-refractivity contribution is 6.09. The van der Waals surface area contributed by atoms with Crippen molar-refractivity contribution in [1.29, 1.82) is 0 Å². The molecular weight excluding hydrogens is 442 g/mol. The van der Waals surface area contributed by atoms with Gasteiger partial charge in [-0.05, 0) is 64.5 Å². The minimum atomic E-state index is -0.145. The first kappa shape index (κ1) is 23.3. The molecule has 1 saturated heterocycles. The zero-order chi connectivity index (χ0) is 24.7. The highest BCUT2D eigenvalue weighted by atomic mass is 16.5. The summed E-state index contributed by atoms with van der Waals surface area (Å²) in [4.78, 5) is 39.7. The van der Waals surface area contributed by atoms with Crippen LogP contribution >= 0.6 is 0 Å². The number of rotatable bonds is 6. The lowest BCUT2D eigenvalue weighted by atomic mass is 10.0. The van der Waals surface area contributed by atoms with Gasteiger partial charge in [-0.25, -0.2) is 9.97 Å². The topological polar surface area (TPSA) is 100 Å². The van der Waals surface area contributed by atoms with Crippen LogP contribution in [0, 0.1) is 26.7 Å². The number of amides is 2. The van der Waals surface area contributed by atoms with Crippen LogP contribution in [0.4, 0.5) is 0 Å². The fourth-order valence-corrected chi connectivity index (χ4v) is 4.82. The standard InChI is InChI=1S/C27H33N5O3/c1-15-5-8-22(35-14-19-6-7-19)21(13-15)24-26-25(30-17(3)29-24)23(16(2)28-26)27(34)31-20-9-11-32(12-10-20)18(4)33/h5,8,13,19-20,28H,6-7,9-12,14H2,1-4H3,(H,31,34). The SMILES string of the molecule is CC(=O)N1CCC(NC(=O)c2c(C)[nH]c3c(-c4cc(C)ccc4OCC4CC4)nc(C)nc23)CC1. The maximum Gasteiger partial charge on any atom is 0.255 e. The van der Waals surface area contributed by atoms with Crippen molar-refractivity contribution < 1.29 is 14.3 Å². The molecule has 0 unspecified atom stereocenters. The Morgan fingerprint density at radius 3 is 2.54 bits per heavy atom. The van der Waals surface area contributed by atoms with Crippen molar-refractivity contribution in [2.45, 2.75) is 59.4 Å². The van der Waals surface area contributed by atoms with E-state index >= 15 is 0 Å². The van der Waals surface area contributed by atoms with Crippen LogP contribution < -0.4 is 10.1 Å². The average molecular weight is 476 g/mol. The number of hydrogen-bond acceptors (Lipinski definition) is 5. The van der Waals surface area contributed by atoms with Crippen molar-refractivity contribution in [3.63, 3.8) is 0 Å². The molecule has 0 bridgehead atoms. The predicted octanol–water partition coefficient (Wildman–Crippen LogP) is 4.08. The molecule has 2 amide bonds. The van der Waals surface area contributed by atoms with Gasteiger partial charge < -0.3 is 19.9 Å². The van der Waals surface area contributed by atoms with E-state index in [4.69, 9.17) is 9.72 Å². The highest BCUT2D eigenvalue weighted by Gasteiger charge is 2.27. The van der Waals surface area contributed by atoms with Crippen molar-refractivity contribution in [3.05, 3.63) is 40.8 Å². The van der Waals surface area contributed by atoms with Gasteiger partial charge in [-0.2, -0.15) is 0 Å². The van der Waals surface area contributed by atoms with Crippen molar-refractivity contribution in [3.8, 4) is 17.0 Å². The van der Waals surface area contributed by atoms with Gasteiger partial charge in [0.15, 0.2) is 0 Å². The van der Waals surface area contributed by atoms with Crippen LogP contribution in [0.5, 0.6) is 5.75 Å². The molecule has 2 aromatic heterocycles. The van der Waals surface area contributed by atoms with Crippen LogP contribution in [-0.4, -0.2) is 57.4 Å². The van der Waals surface area contributed by atoms with E-state index in [2.05, 4.69) is 28.3 Å². The summed E-state index contributed by atoms with van der Waals surface area (Å²) < 4.78 is 6.19. The zero-order valence-corrected chi connectivity index (χ0v) is 20.9. The molecule has 1 saturated carbocycles. The molecule has 1 aliphatic carbocycles. The number of H-pyrrole nitrogens is 1. The number of aromatic nitrogens is 3. The largest absolute Gasteiger partial charge is 0.493 e. The summed E-state index contributed by atoms with van der Waals surface area (Å²) in [5, 5.41) is 3.17. The Labute approximate surface area is 205 Å². The molecule has 1 aromatic carbocycles. The van der Waals surface area contributed by atoms with Gasteiger partial charge in [0.2, 0.25) is 5.91 Å². The molecular formula is C27H33N5O3. The van der Waals surface area contributed by atoms with Crippen molar-refractivity contribution in [1.82, 2.24) is 25.2 Å². The smallest absolute Gasteiger partial charge is 0.255 e. The Hall–Kier alpha value is -3.42. The molecule has 2 aliphatic rings. The van der Waals surface area contributed by atoms with E-state index in [-0.39, 0.29) is 17.9 Å². The maximum atomic E-state index is 13.4. The summed E-state index contributed by atoms with van der Waals surface area (Å²) in [7, 11) is 0. The van der Waals surface area contributed by atoms with E-state index in [9.17, 15) is 9.59 Å². The molecule has 0 radical (unpaired) electrons. The van der Waals surface area contributed by atoms with E-state index in [1.807, 2.05) is 30.9 Å². The summed E-state index contributed by atoms with van der Waals surface area (Å²) >= 11 is 0. The first-order valence-electron chi connectivity index (χ1n) is 12.5. The van der Waals surface area contributed by atoms with Gasteiger partial charge in [0, 0.05) is 37.3 Å². The van der Waals surface area contributed by atoms with E-state index in [1.54, 1.807) is 6.92 Å². The molecule has 2 N–H and O–H groups in total. The Balaban J connectivity index is 1.47. The number of fused-ring (bicyclic) bond motifs is 1. The normalized spacial score (nSPS) is 16.5. The van der Waals surface area contributed by atoms with Gasteiger partial charge in [0.25, 0.3) is 5.91 Å². The molecule has 184 valence electrons. The Morgan fingerprint density at radius 2 is 1.86 bits per heavy atom. The number of nitrogens with zero attached hydrogens (tertiary/aromatic N) is 3. The predicted molar refractivity (Wildman–Crippen MR) is 134 cm³/mol. The quantitative estimate of drug-likeness (QED) is 0.560. The first-order valence-corrected chi connectivity index (χ1v) is 12.5. The van der Waals surface area contributed by atoms with Gasteiger partial charge in [0.1, 0.15) is 22.8 Å². The minimum absolute atomic E-state index is 0.0315. The Bertz CT molecular complexity index is 1290. The second-order valence-corrected chi connectivity index (χ2v) is 9.98. The molecule has 2 fully saturated rings. The van der Waals surface area contributed by atoms with Crippen LogP contribution in [0.1, 0.15) is 60.0 Å².